The Balaban J connectivity index is 2.91. The van der Waals surface area contributed by atoms with Crippen molar-refractivity contribution in [3.63, 3.8) is 0 Å². The van der Waals surface area contributed by atoms with Crippen molar-refractivity contribution in [2.75, 3.05) is 0 Å². The molecule has 170 valence electrons. The van der Waals surface area contributed by atoms with E-state index in [2.05, 4.69) is 74.4 Å². The molecule has 1 saturated heterocycles. The summed E-state index contributed by atoms with van der Waals surface area (Å²) in [6, 6.07) is 0. The van der Waals surface area contributed by atoms with Gasteiger partial charge in [0.2, 0.25) is 0 Å². The van der Waals surface area contributed by atoms with Gasteiger partial charge in [0.25, 0.3) is 0 Å². The zero-order chi connectivity index (χ0) is 22.6. The summed E-state index contributed by atoms with van der Waals surface area (Å²) in [5.74, 6) is 4.05. The van der Waals surface area contributed by atoms with Crippen LogP contribution in [0.4, 0.5) is 0 Å². The van der Waals surface area contributed by atoms with E-state index in [1.807, 2.05) is 0 Å². The molecular formula is C25H48O3Si. The first-order valence-corrected chi connectivity index (χ1v) is 14.6. The van der Waals surface area contributed by atoms with E-state index in [4.69, 9.17) is 15.6 Å². The highest BCUT2D eigenvalue weighted by Gasteiger charge is 2.45. The van der Waals surface area contributed by atoms with Gasteiger partial charge in [-0.2, -0.15) is 0 Å². The molecule has 1 N–H and O–H groups in total. The van der Waals surface area contributed by atoms with E-state index in [-0.39, 0.29) is 41.3 Å². The fraction of sp³-hybridized carbons (Fsp3) is 0.920. The van der Waals surface area contributed by atoms with Crippen LogP contribution in [0.2, 0.25) is 18.1 Å². The first kappa shape index (κ1) is 26.7. The van der Waals surface area contributed by atoms with E-state index in [0.717, 1.165) is 25.7 Å². The van der Waals surface area contributed by atoms with Crippen LogP contribution in [-0.2, 0) is 9.16 Å². The first-order chi connectivity index (χ1) is 13.2. The smallest absolute Gasteiger partial charge is 0.192 e. The van der Waals surface area contributed by atoms with E-state index in [1.54, 1.807) is 0 Å². The zero-order valence-electron chi connectivity index (χ0n) is 20.8. The molecule has 1 heterocycles. The Hall–Kier alpha value is -0.343. The second-order valence-electron chi connectivity index (χ2n) is 11.2. The summed E-state index contributed by atoms with van der Waals surface area (Å²) in [6.07, 6.45) is 9.17. The molecule has 29 heavy (non-hydrogen) atoms. The summed E-state index contributed by atoms with van der Waals surface area (Å²) >= 11 is 0. The molecule has 0 bridgehead atoms. The number of hydrogen-bond donors (Lipinski definition) is 1. The average Bonchev–Trinajstić information content (AvgIpc) is 2.59. The molecule has 4 heteroatoms. The van der Waals surface area contributed by atoms with Gasteiger partial charge in [0.15, 0.2) is 8.32 Å². The van der Waals surface area contributed by atoms with Crippen molar-refractivity contribution < 1.29 is 14.3 Å². The molecule has 0 aromatic heterocycles. The molecule has 1 aliphatic heterocycles. The van der Waals surface area contributed by atoms with Crippen LogP contribution in [0.15, 0.2) is 0 Å². The van der Waals surface area contributed by atoms with Gasteiger partial charge in [0, 0.05) is 5.92 Å². The second kappa shape index (κ2) is 10.8. The molecule has 0 saturated carbocycles. The topological polar surface area (TPSA) is 38.7 Å². The Labute approximate surface area is 182 Å². The first-order valence-electron chi connectivity index (χ1n) is 11.7. The van der Waals surface area contributed by atoms with Gasteiger partial charge < -0.3 is 14.3 Å². The van der Waals surface area contributed by atoms with E-state index in [0.29, 0.717) is 11.8 Å². The highest BCUT2D eigenvalue weighted by atomic mass is 28.4. The van der Waals surface area contributed by atoms with Gasteiger partial charge in [-0.3, -0.25) is 0 Å². The maximum absolute atomic E-state index is 10.7. The summed E-state index contributed by atoms with van der Waals surface area (Å²) in [4.78, 5) is 0. The zero-order valence-corrected chi connectivity index (χ0v) is 21.8. The lowest BCUT2D eigenvalue weighted by molar-refractivity contribution is -0.159. The van der Waals surface area contributed by atoms with Gasteiger partial charge in [-0.15, -0.1) is 12.3 Å². The Kier molecular flexibility index (Phi) is 9.94. The van der Waals surface area contributed by atoms with Crippen LogP contribution in [0.1, 0.15) is 81.1 Å². The quantitative estimate of drug-likeness (QED) is 0.350. The van der Waals surface area contributed by atoms with Crippen LogP contribution in [0.25, 0.3) is 0 Å². The van der Waals surface area contributed by atoms with Crippen molar-refractivity contribution in [3.05, 3.63) is 0 Å². The summed E-state index contributed by atoms with van der Waals surface area (Å²) in [7, 11) is -1.89. The van der Waals surface area contributed by atoms with Crippen LogP contribution < -0.4 is 0 Å². The van der Waals surface area contributed by atoms with Gasteiger partial charge in [0.1, 0.15) is 0 Å². The summed E-state index contributed by atoms with van der Waals surface area (Å²) < 4.78 is 13.5. The molecule has 0 aromatic rings. The average molecular weight is 425 g/mol. The monoisotopic (exact) mass is 424 g/mol. The number of terminal acetylenes is 1. The molecule has 8 atom stereocenters. The molecule has 0 aromatic carbocycles. The van der Waals surface area contributed by atoms with Crippen LogP contribution in [0.3, 0.4) is 0 Å². The van der Waals surface area contributed by atoms with Crippen molar-refractivity contribution in [3.8, 4) is 12.3 Å². The van der Waals surface area contributed by atoms with Crippen molar-refractivity contribution in [1.29, 1.82) is 0 Å². The van der Waals surface area contributed by atoms with Crippen LogP contribution in [0, 0.1) is 36.0 Å². The van der Waals surface area contributed by atoms with E-state index >= 15 is 0 Å². The van der Waals surface area contributed by atoms with Gasteiger partial charge in [-0.25, -0.2) is 0 Å². The van der Waals surface area contributed by atoms with Gasteiger partial charge in [-0.05, 0) is 61.6 Å². The third kappa shape index (κ3) is 7.38. The number of aliphatic hydroxyl groups excluding tert-OH is 1. The molecule has 1 aliphatic rings. The third-order valence-corrected chi connectivity index (χ3v) is 12.1. The lowest BCUT2D eigenvalue weighted by atomic mass is 9.82. The Bertz CT molecular complexity index is 533. The standard InChI is InChI=1S/C25H48O3Si/c1-12-17(3)18(4)14-21(26)15-20(6)24-23(16-19(5)22(13-2)27-24)28-29(10,11)25(7,8)9/h1,17-24,26H,13-16H2,2-11H3/t17-,18+,19-,20+,21?,22-,23+,24+/m1/s1. The van der Waals surface area contributed by atoms with E-state index < -0.39 is 8.32 Å². The molecule has 0 amide bonds. The molecule has 1 fully saturated rings. The molecule has 0 spiro atoms. The van der Waals surface area contributed by atoms with Crippen molar-refractivity contribution in [2.45, 2.75) is 124 Å². The summed E-state index contributed by atoms with van der Waals surface area (Å²) in [5, 5.41) is 10.9. The van der Waals surface area contributed by atoms with Gasteiger partial charge in [0.05, 0.1) is 24.4 Å². The second-order valence-corrected chi connectivity index (χ2v) is 16.0. The minimum absolute atomic E-state index is 0.0419. The Morgan fingerprint density at radius 2 is 1.79 bits per heavy atom. The number of ether oxygens (including phenoxy) is 1. The number of hydrogen-bond acceptors (Lipinski definition) is 3. The van der Waals surface area contributed by atoms with Crippen molar-refractivity contribution >= 4 is 8.32 Å². The third-order valence-electron chi connectivity index (χ3n) is 7.56. The van der Waals surface area contributed by atoms with Crippen molar-refractivity contribution in [1.82, 2.24) is 0 Å². The number of aliphatic hydroxyl groups is 1. The number of rotatable bonds is 9. The van der Waals surface area contributed by atoms with E-state index in [9.17, 15) is 5.11 Å². The SMILES string of the molecule is C#C[C@@H](C)[C@@H](C)CC(O)C[C@H](C)[C@@H]1O[C@H](CC)[C@H](C)C[C@@H]1O[Si](C)(C)C(C)(C)C. The highest BCUT2D eigenvalue weighted by molar-refractivity contribution is 6.74. The maximum Gasteiger partial charge on any atom is 0.192 e. The molecular weight excluding hydrogens is 376 g/mol. The fourth-order valence-electron chi connectivity index (χ4n) is 4.20. The Morgan fingerprint density at radius 3 is 2.28 bits per heavy atom. The van der Waals surface area contributed by atoms with Crippen LogP contribution >= 0.6 is 0 Å². The largest absolute Gasteiger partial charge is 0.411 e. The Morgan fingerprint density at radius 1 is 1.21 bits per heavy atom. The summed E-state index contributed by atoms with van der Waals surface area (Å²) in [6.45, 7) is 22.4. The molecule has 3 nitrogen and oxygen atoms in total. The fourth-order valence-corrected chi connectivity index (χ4v) is 5.54. The molecule has 1 unspecified atom stereocenters. The van der Waals surface area contributed by atoms with Gasteiger partial charge in [-0.1, -0.05) is 55.4 Å². The van der Waals surface area contributed by atoms with E-state index in [1.165, 1.54) is 0 Å². The minimum atomic E-state index is -1.89. The molecule has 0 radical (unpaired) electrons. The summed E-state index contributed by atoms with van der Waals surface area (Å²) in [5.41, 5.74) is 0. The van der Waals surface area contributed by atoms with Crippen molar-refractivity contribution in [2.24, 2.45) is 23.7 Å². The van der Waals surface area contributed by atoms with Crippen LogP contribution in [-0.4, -0.2) is 37.8 Å². The molecule has 1 rings (SSSR count). The lowest BCUT2D eigenvalue weighted by Gasteiger charge is -2.48. The predicted molar refractivity (Wildman–Crippen MR) is 126 cm³/mol. The highest BCUT2D eigenvalue weighted by Crippen LogP contribution is 2.42. The lowest BCUT2D eigenvalue weighted by Crippen LogP contribution is -2.54. The maximum atomic E-state index is 10.7. The normalized spacial score (nSPS) is 30.3. The minimum Gasteiger partial charge on any atom is -0.411 e. The van der Waals surface area contributed by atoms with Gasteiger partial charge >= 0.3 is 0 Å². The predicted octanol–water partition coefficient (Wildman–Crippen LogP) is 6.26. The van der Waals surface area contributed by atoms with Crippen LogP contribution in [0.5, 0.6) is 0 Å². The molecule has 0 aliphatic carbocycles.